The number of nitrogens with zero attached hydrogens (tertiary/aromatic N) is 1. The minimum Gasteiger partial charge on any atom is -0.462 e. The summed E-state index contributed by atoms with van der Waals surface area (Å²) in [6.45, 7) is 5.28. The molecule has 1 N–H and O–H groups in total. The minimum atomic E-state index is -0.747. The van der Waals surface area contributed by atoms with Gasteiger partial charge in [0.1, 0.15) is 11.3 Å². The van der Waals surface area contributed by atoms with Gasteiger partial charge >= 0.3 is 5.97 Å². The normalized spacial score (nSPS) is 15.9. The highest BCUT2D eigenvalue weighted by molar-refractivity contribution is 6.11. The number of Topliss-reactive ketones (excluding diaryl/α,β-unsaturated/α-hetero) is 1. The van der Waals surface area contributed by atoms with E-state index in [-0.39, 0.29) is 54.0 Å². The first-order chi connectivity index (χ1) is 14.3. The van der Waals surface area contributed by atoms with Crippen molar-refractivity contribution in [3.63, 3.8) is 0 Å². The summed E-state index contributed by atoms with van der Waals surface area (Å²) < 4.78 is 10.5. The Morgan fingerprint density at radius 3 is 2.53 bits per heavy atom. The molecule has 1 atom stereocenters. The lowest BCUT2D eigenvalue weighted by Crippen LogP contribution is -2.28. The SMILES string of the molecule is CCOC(=O)c1c(NC(=O)C2CC(=O)N(Cc3ccccc3)C2)oc(C)c1C(C)=O. The number of hydrogen-bond acceptors (Lipinski definition) is 6. The van der Waals surface area contributed by atoms with E-state index in [9.17, 15) is 19.2 Å². The van der Waals surface area contributed by atoms with Crippen molar-refractivity contribution in [3.8, 4) is 0 Å². The fourth-order valence-corrected chi connectivity index (χ4v) is 3.57. The summed E-state index contributed by atoms with van der Waals surface area (Å²) in [5.41, 5.74) is 0.960. The summed E-state index contributed by atoms with van der Waals surface area (Å²) >= 11 is 0. The largest absolute Gasteiger partial charge is 0.462 e. The zero-order chi connectivity index (χ0) is 21.8. The second-order valence-electron chi connectivity index (χ2n) is 7.16. The number of benzene rings is 1. The Kier molecular flexibility index (Phi) is 6.34. The third-order valence-electron chi connectivity index (χ3n) is 4.95. The van der Waals surface area contributed by atoms with E-state index >= 15 is 0 Å². The van der Waals surface area contributed by atoms with Crippen molar-refractivity contribution in [3.05, 3.63) is 52.8 Å². The summed E-state index contributed by atoms with van der Waals surface area (Å²) in [4.78, 5) is 51.1. The highest BCUT2D eigenvalue weighted by atomic mass is 16.5. The van der Waals surface area contributed by atoms with Gasteiger partial charge in [0.2, 0.25) is 17.7 Å². The van der Waals surface area contributed by atoms with E-state index in [0.29, 0.717) is 6.54 Å². The Bertz CT molecular complexity index is 979. The van der Waals surface area contributed by atoms with Gasteiger partial charge in [0.15, 0.2) is 5.78 Å². The van der Waals surface area contributed by atoms with Crippen molar-refractivity contribution < 1.29 is 28.3 Å². The Balaban J connectivity index is 1.76. The van der Waals surface area contributed by atoms with Crippen molar-refractivity contribution in [1.82, 2.24) is 4.90 Å². The topological polar surface area (TPSA) is 106 Å². The van der Waals surface area contributed by atoms with Gasteiger partial charge in [0, 0.05) is 19.5 Å². The van der Waals surface area contributed by atoms with Gasteiger partial charge in [-0.15, -0.1) is 0 Å². The fraction of sp³-hybridized carbons (Fsp3) is 0.364. The number of hydrogen-bond donors (Lipinski definition) is 1. The van der Waals surface area contributed by atoms with Crippen LogP contribution in [0.5, 0.6) is 0 Å². The maximum absolute atomic E-state index is 12.8. The number of furan rings is 1. The molecule has 2 amide bonds. The number of rotatable bonds is 7. The molecule has 0 saturated carbocycles. The maximum Gasteiger partial charge on any atom is 0.344 e. The van der Waals surface area contributed by atoms with E-state index in [1.54, 1.807) is 11.8 Å². The first kappa shape index (κ1) is 21.3. The number of anilines is 1. The molecule has 8 nitrogen and oxygen atoms in total. The van der Waals surface area contributed by atoms with E-state index in [2.05, 4.69) is 5.32 Å². The number of likely N-dealkylation sites (tertiary alicyclic amines) is 1. The summed E-state index contributed by atoms with van der Waals surface area (Å²) in [6, 6.07) is 9.52. The molecule has 1 fully saturated rings. The van der Waals surface area contributed by atoms with Crippen molar-refractivity contribution in [1.29, 1.82) is 0 Å². The molecule has 0 radical (unpaired) electrons. The first-order valence-corrected chi connectivity index (χ1v) is 9.75. The number of carbonyl (C=O) groups excluding carboxylic acids is 4. The zero-order valence-electron chi connectivity index (χ0n) is 17.2. The van der Waals surface area contributed by atoms with Gasteiger partial charge in [-0.05, 0) is 26.3 Å². The molecule has 2 aromatic rings. The van der Waals surface area contributed by atoms with Crippen LogP contribution < -0.4 is 5.32 Å². The second kappa shape index (κ2) is 8.94. The second-order valence-corrected chi connectivity index (χ2v) is 7.16. The van der Waals surface area contributed by atoms with Crippen LogP contribution in [-0.2, 0) is 20.9 Å². The van der Waals surface area contributed by atoms with Crippen molar-refractivity contribution in [2.75, 3.05) is 18.5 Å². The molecule has 2 heterocycles. The smallest absolute Gasteiger partial charge is 0.344 e. The van der Waals surface area contributed by atoms with Gasteiger partial charge in [-0.3, -0.25) is 19.7 Å². The third kappa shape index (κ3) is 4.42. The van der Waals surface area contributed by atoms with E-state index < -0.39 is 17.8 Å². The molecule has 0 spiro atoms. The Labute approximate surface area is 174 Å². The number of ketones is 1. The van der Waals surface area contributed by atoms with Crippen LogP contribution in [0.1, 0.15) is 52.3 Å². The number of aryl methyl sites for hydroxylation is 1. The van der Waals surface area contributed by atoms with Crippen molar-refractivity contribution in [2.24, 2.45) is 5.92 Å². The van der Waals surface area contributed by atoms with Gasteiger partial charge < -0.3 is 14.1 Å². The van der Waals surface area contributed by atoms with Crippen molar-refractivity contribution >= 4 is 29.5 Å². The molecule has 1 aliphatic rings. The predicted molar refractivity (Wildman–Crippen MR) is 108 cm³/mol. The lowest BCUT2D eigenvalue weighted by molar-refractivity contribution is -0.128. The quantitative estimate of drug-likeness (QED) is 0.554. The molecule has 158 valence electrons. The Morgan fingerprint density at radius 2 is 1.90 bits per heavy atom. The lowest BCUT2D eigenvalue weighted by atomic mass is 10.1. The van der Waals surface area contributed by atoms with Crippen LogP contribution >= 0.6 is 0 Å². The van der Waals surface area contributed by atoms with Crippen LogP contribution in [0.2, 0.25) is 0 Å². The van der Waals surface area contributed by atoms with Gasteiger partial charge in [0.05, 0.1) is 18.1 Å². The highest BCUT2D eigenvalue weighted by Gasteiger charge is 2.36. The molecule has 3 rings (SSSR count). The average molecular weight is 412 g/mol. The fourth-order valence-electron chi connectivity index (χ4n) is 3.57. The van der Waals surface area contributed by atoms with Gasteiger partial charge in [-0.2, -0.15) is 0 Å². The van der Waals surface area contributed by atoms with Crippen LogP contribution in [-0.4, -0.2) is 41.6 Å². The molecule has 1 aromatic heterocycles. The lowest BCUT2D eigenvalue weighted by Gasteiger charge is -2.16. The number of carbonyl (C=O) groups is 4. The molecule has 0 aliphatic carbocycles. The summed E-state index contributed by atoms with van der Waals surface area (Å²) in [5, 5.41) is 2.58. The van der Waals surface area contributed by atoms with E-state index in [0.717, 1.165) is 5.56 Å². The maximum atomic E-state index is 12.8. The predicted octanol–water partition coefficient (Wildman–Crippen LogP) is 2.95. The van der Waals surface area contributed by atoms with E-state index in [1.165, 1.54) is 13.8 Å². The van der Waals surface area contributed by atoms with Crippen LogP contribution in [0.4, 0.5) is 5.88 Å². The van der Waals surface area contributed by atoms with Crippen LogP contribution in [0.25, 0.3) is 0 Å². The van der Waals surface area contributed by atoms with Crippen LogP contribution in [0, 0.1) is 12.8 Å². The third-order valence-corrected chi connectivity index (χ3v) is 4.95. The number of nitrogens with one attached hydrogen (secondary N) is 1. The van der Waals surface area contributed by atoms with Crippen LogP contribution in [0.15, 0.2) is 34.7 Å². The van der Waals surface area contributed by atoms with E-state index in [4.69, 9.17) is 9.15 Å². The molecule has 1 aliphatic heterocycles. The molecular weight excluding hydrogens is 388 g/mol. The van der Waals surface area contributed by atoms with Crippen LogP contribution in [0.3, 0.4) is 0 Å². The summed E-state index contributed by atoms with van der Waals surface area (Å²) in [6.07, 6.45) is 0.0622. The number of amides is 2. The average Bonchev–Trinajstić information content (AvgIpc) is 3.22. The summed E-state index contributed by atoms with van der Waals surface area (Å²) in [7, 11) is 0. The molecule has 1 saturated heterocycles. The van der Waals surface area contributed by atoms with E-state index in [1.807, 2.05) is 30.3 Å². The van der Waals surface area contributed by atoms with Gasteiger partial charge in [0.25, 0.3) is 0 Å². The summed E-state index contributed by atoms with van der Waals surface area (Å²) in [5.74, 6) is -2.20. The monoisotopic (exact) mass is 412 g/mol. The molecule has 0 bridgehead atoms. The Hall–Kier alpha value is -3.42. The first-order valence-electron chi connectivity index (χ1n) is 9.75. The van der Waals surface area contributed by atoms with Crippen molar-refractivity contribution in [2.45, 2.75) is 33.7 Å². The number of ether oxygens (including phenoxy) is 1. The molecule has 8 heteroatoms. The standard InChI is InChI=1S/C22H24N2O6/c1-4-29-22(28)19-18(13(2)25)14(3)30-21(19)23-20(27)16-10-17(26)24(12-16)11-15-8-6-5-7-9-15/h5-9,16H,4,10-12H2,1-3H3,(H,23,27). The Morgan fingerprint density at radius 1 is 1.20 bits per heavy atom. The highest BCUT2D eigenvalue weighted by Crippen LogP contribution is 2.30. The minimum absolute atomic E-state index is 0.0622. The molecular formula is C22H24N2O6. The molecule has 30 heavy (non-hydrogen) atoms. The molecule has 1 aromatic carbocycles. The molecule has 1 unspecified atom stereocenters. The number of esters is 1. The van der Waals surface area contributed by atoms with Gasteiger partial charge in [-0.25, -0.2) is 4.79 Å². The van der Waals surface area contributed by atoms with Gasteiger partial charge in [-0.1, -0.05) is 30.3 Å². The zero-order valence-corrected chi connectivity index (χ0v) is 17.2.